The maximum absolute atomic E-state index is 11.9. The van der Waals surface area contributed by atoms with Gasteiger partial charge in [-0.15, -0.1) is 0 Å². The van der Waals surface area contributed by atoms with Crippen molar-refractivity contribution in [3.05, 3.63) is 41.4 Å². The maximum Gasteiger partial charge on any atom is 0.248 e. The van der Waals surface area contributed by atoms with Crippen LogP contribution in [0, 0.1) is 0 Å². The minimum Gasteiger partial charge on any atom is -0.366 e. The Morgan fingerprint density at radius 2 is 1.95 bits per heavy atom. The van der Waals surface area contributed by atoms with Gasteiger partial charge in [0.1, 0.15) is 0 Å². The number of carbonyl (C=O) groups excluding carboxylic acids is 2. The van der Waals surface area contributed by atoms with Crippen LogP contribution in [0.2, 0.25) is 0 Å². The second kappa shape index (κ2) is 8.44. The normalized spacial score (nSPS) is 10.4. The Kier molecular flexibility index (Phi) is 6.91. The van der Waals surface area contributed by atoms with Gasteiger partial charge < -0.3 is 11.1 Å². The Hall–Kier alpha value is -1.85. The number of nitrogens with one attached hydrogen (secondary N) is 1. The van der Waals surface area contributed by atoms with E-state index in [0.717, 1.165) is 6.54 Å². The number of amides is 2. The Balaban J connectivity index is 2.46. The fourth-order valence-electron chi connectivity index (χ4n) is 1.79. The third-order valence-electron chi connectivity index (χ3n) is 2.95. The van der Waals surface area contributed by atoms with E-state index in [4.69, 9.17) is 17.3 Å². The van der Waals surface area contributed by atoms with Gasteiger partial charge in [-0.1, -0.05) is 25.1 Å². The van der Waals surface area contributed by atoms with E-state index in [9.17, 15) is 9.59 Å². The molecule has 3 N–H and O–H groups in total. The number of nitrogens with zero attached hydrogens (tertiary/aromatic N) is 1. The van der Waals surface area contributed by atoms with Gasteiger partial charge in [0.05, 0.1) is 0 Å². The lowest BCUT2D eigenvalue weighted by molar-refractivity contribution is -0.116. The number of halogens is 1. The number of rotatable bonds is 8. The molecule has 6 heteroatoms. The summed E-state index contributed by atoms with van der Waals surface area (Å²) in [7, 11) is 0. The Labute approximate surface area is 129 Å². The molecule has 0 aliphatic rings. The molecule has 0 unspecified atom stereocenters. The summed E-state index contributed by atoms with van der Waals surface area (Å²) in [6.45, 7) is 7.62. The van der Waals surface area contributed by atoms with Crippen LogP contribution in [0.1, 0.15) is 23.7 Å². The SMILES string of the molecule is C=C(Cl)CN(CC)CCC(=O)Nc1ccc(C(N)=O)cc1. The topological polar surface area (TPSA) is 75.4 Å². The van der Waals surface area contributed by atoms with Crippen molar-refractivity contribution >= 4 is 29.1 Å². The number of anilines is 1. The van der Waals surface area contributed by atoms with E-state index in [2.05, 4.69) is 11.9 Å². The summed E-state index contributed by atoms with van der Waals surface area (Å²) in [6, 6.07) is 6.45. The summed E-state index contributed by atoms with van der Waals surface area (Å²) in [4.78, 5) is 24.8. The molecule has 0 fully saturated rings. The third-order valence-corrected chi connectivity index (χ3v) is 3.07. The van der Waals surface area contributed by atoms with Gasteiger partial charge in [0.25, 0.3) is 0 Å². The molecule has 5 nitrogen and oxygen atoms in total. The summed E-state index contributed by atoms with van der Waals surface area (Å²) in [5.41, 5.74) is 6.19. The van der Waals surface area contributed by atoms with Crippen molar-refractivity contribution in [2.75, 3.05) is 25.0 Å². The molecule has 21 heavy (non-hydrogen) atoms. The van der Waals surface area contributed by atoms with Crippen molar-refractivity contribution in [2.45, 2.75) is 13.3 Å². The Morgan fingerprint density at radius 1 is 1.33 bits per heavy atom. The van der Waals surface area contributed by atoms with Crippen molar-refractivity contribution in [1.29, 1.82) is 0 Å². The molecule has 0 saturated carbocycles. The molecule has 0 radical (unpaired) electrons. The van der Waals surface area contributed by atoms with Crippen molar-refractivity contribution in [2.24, 2.45) is 5.73 Å². The minimum absolute atomic E-state index is 0.0968. The largest absolute Gasteiger partial charge is 0.366 e. The molecule has 114 valence electrons. The summed E-state index contributed by atoms with van der Waals surface area (Å²) in [5.74, 6) is -0.590. The summed E-state index contributed by atoms with van der Waals surface area (Å²) < 4.78 is 0. The van der Waals surface area contributed by atoms with Gasteiger partial charge in [-0.2, -0.15) is 0 Å². The van der Waals surface area contributed by atoms with E-state index < -0.39 is 5.91 Å². The van der Waals surface area contributed by atoms with E-state index in [1.165, 1.54) is 0 Å². The van der Waals surface area contributed by atoms with Gasteiger partial charge in [-0.05, 0) is 30.8 Å². The third kappa shape index (κ3) is 6.42. The lowest BCUT2D eigenvalue weighted by Gasteiger charge is -2.19. The Morgan fingerprint density at radius 3 is 2.43 bits per heavy atom. The first kappa shape index (κ1) is 17.2. The van der Waals surface area contributed by atoms with Gasteiger partial charge in [0, 0.05) is 35.8 Å². The fourth-order valence-corrected chi connectivity index (χ4v) is 1.96. The summed E-state index contributed by atoms with van der Waals surface area (Å²) in [6.07, 6.45) is 0.357. The molecular weight excluding hydrogens is 290 g/mol. The van der Waals surface area contributed by atoms with Crippen LogP contribution in [0.25, 0.3) is 0 Å². The Bertz CT molecular complexity index is 514. The van der Waals surface area contributed by atoms with Crippen LogP contribution < -0.4 is 11.1 Å². The second-order valence-corrected chi connectivity index (χ2v) is 5.16. The zero-order valence-corrected chi connectivity index (χ0v) is 12.8. The lowest BCUT2D eigenvalue weighted by Crippen LogP contribution is -2.28. The highest BCUT2D eigenvalue weighted by atomic mass is 35.5. The van der Waals surface area contributed by atoms with Gasteiger partial charge in [-0.3, -0.25) is 14.5 Å². The highest BCUT2D eigenvalue weighted by Gasteiger charge is 2.08. The number of benzene rings is 1. The van der Waals surface area contributed by atoms with E-state index in [0.29, 0.717) is 35.8 Å². The van der Waals surface area contributed by atoms with Crippen molar-refractivity contribution in [1.82, 2.24) is 4.90 Å². The molecule has 1 aromatic rings. The molecule has 0 bridgehead atoms. The second-order valence-electron chi connectivity index (χ2n) is 4.63. The maximum atomic E-state index is 11.9. The average molecular weight is 310 g/mol. The van der Waals surface area contributed by atoms with E-state index >= 15 is 0 Å². The van der Waals surface area contributed by atoms with Crippen molar-refractivity contribution < 1.29 is 9.59 Å². The predicted molar refractivity (Wildman–Crippen MR) is 85.3 cm³/mol. The number of hydrogen-bond acceptors (Lipinski definition) is 3. The first-order valence-electron chi connectivity index (χ1n) is 6.67. The number of nitrogens with two attached hydrogens (primary N) is 1. The number of carbonyl (C=O) groups is 2. The van der Waals surface area contributed by atoms with Crippen LogP contribution in [0.15, 0.2) is 35.9 Å². The van der Waals surface area contributed by atoms with Crippen LogP contribution in [0.3, 0.4) is 0 Å². The molecular formula is C15H20ClN3O2. The molecule has 1 rings (SSSR count). The van der Waals surface area contributed by atoms with Crippen LogP contribution in [0.5, 0.6) is 0 Å². The van der Waals surface area contributed by atoms with Crippen LogP contribution in [-0.4, -0.2) is 36.3 Å². The molecule has 0 aromatic heterocycles. The highest BCUT2D eigenvalue weighted by Crippen LogP contribution is 2.10. The van der Waals surface area contributed by atoms with Crippen molar-refractivity contribution in [3.63, 3.8) is 0 Å². The van der Waals surface area contributed by atoms with Gasteiger partial charge in [0.15, 0.2) is 0 Å². The molecule has 0 saturated heterocycles. The number of likely N-dealkylation sites (N-methyl/N-ethyl adjacent to an activating group) is 1. The molecule has 1 aromatic carbocycles. The van der Waals surface area contributed by atoms with E-state index in [1.807, 2.05) is 11.8 Å². The standard InChI is InChI=1S/C15H20ClN3O2/c1-3-19(10-11(2)16)9-8-14(20)18-13-6-4-12(5-7-13)15(17)21/h4-7H,2-3,8-10H2,1H3,(H2,17,21)(H,18,20). The molecule has 0 aliphatic heterocycles. The van der Waals surface area contributed by atoms with Crippen LogP contribution in [0.4, 0.5) is 5.69 Å². The minimum atomic E-state index is -0.493. The zero-order chi connectivity index (χ0) is 15.8. The number of primary amides is 1. The smallest absolute Gasteiger partial charge is 0.248 e. The monoisotopic (exact) mass is 309 g/mol. The highest BCUT2D eigenvalue weighted by molar-refractivity contribution is 6.29. The van der Waals surface area contributed by atoms with Crippen molar-refractivity contribution in [3.8, 4) is 0 Å². The molecule has 0 atom stereocenters. The predicted octanol–water partition coefficient (Wildman–Crippen LogP) is 2.19. The quantitative estimate of drug-likeness (QED) is 0.773. The van der Waals surface area contributed by atoms with Crippen LogP contribution in [-0.2, 0) is 4.79 Å². The zero-order valence-electron chi connectivity index (χ0n) is 12.1. The van der Waals surface area contributed by atoms with Gasteiger partial charge in [0.2, 0.25) is 11.8 Å². The first-order chi connectivity index (χ1) is 9.92. The lowest BCUT2D eigenvalue weighted by atomic mass is 10.2. The fraction of sp³-hybridized carbons (Fsp3) is 0.333. The molecule has 0 heterocycles. The van der Waals surface area contributed by atoms with E-state index in [1.54, 1.807) is 24.3 Å². The summed E-state index contributed by atoms with van der Waals surface area (Å²) in [5, 5.41) is 3.32. The van der Waals surface area contributed by atoms with E-state index in [-0.39, 0.29) is 5.91 Å². The van der Waals surface area contributed by atoms with Gasteiger partial charge in [-0.25, -0.2) is 0 Å². The molecule has 2 amide bonds. The average Bonchev–Trinajstić information content (AvgIpc) is 2.43. The van der Waals surface area contributed by atoms with Gasteiger partial charge >= 0.3 is 0 Å². The van der Waals surface area contributed by atoms with Crippen LogP contribution >= 0.6 is 11.6 Å². The summed E-state index contributed by atoms with van der Waals surface area (Å²) >= 11 is 5.76. The molecule has 0 aliphatic carbocycles. The number of hydrogen-bond donors (Lipinski definition) is 2. The molecule has 0 spiro atoms. The first-order valence-corrected chi connectivity index (χ1v) is 7.05.